The lowest BCUT2D eigenvalue weighted by Gasteiger charge is -2.06. The smallest absolute Gasteiger partial charge is 0.319 e. The Labute approximate surface area is 131 Å². The minimum absolute atomic E-state index is 0.280. The van der Waals surface area contributed by atoms with E-state index in [0.717, 1.165) is 20.9 Å². The highest BCUT2D eigenvalue weighted by Crippen LogP contribution is 2.24. The van der Waals surface area contributed by atoms with Crippen LogP contribution in [0.1, 0.15) is 17.6 Å². The maximum absolute atomic E-state index is 11.9. The predicted molar refractivity (Wildman–Crippen MR) is 85.9 cm³/mol. The Kier molecular flexibility index (Phi) is 4.01. The highest BCUT2D eigenvalue weighted by Gasteiger charge is 2.06. The summed E-state index contributed by atoms with van der Waals surface area (Å²) in [4.78, 5) is 17.9. The van der Waals surface area contributed by atoms with Gasteiger partial charge in [-0.15, -0.1) is 11.3 Å². The summed E-state index contributed by atoms with van der Waals surface area (Å²) in [6, 6.07) is 5.42. The normalized spacial score (nSPS) is 10.8. The van der Waals surface area contributed by atoms with Crippen LogP contribution in [0.5, 0.6) is 0 Å². The molecule has 2 amide bonds. The van der Waals surface area contributed by atoms with Gasteiger partial charge in [0.15, 0.2) is 0 Å². The fraction of sp³-hybridized carbons (Fsp3) is 0.286. The number of thiazole rings is 1. The fourth-order valence-electron chi connectivity index (χ4n) is 2.03. The van der Waals surface area contributed by atoms with Crippen LogP contribution in [0, 0.1) is 6.92 Å². The molecule has 3 aromatic rings. The molecular weight excluding hydrogens is 300 g/mol. The second-order valence-corrected chi connectivity index (χ2v) is 5.98. The van der Waals surface area contributed by atoms with Crippen LogP contribution >= 0.6 is 11.3 Å². The van der Waals surface area contributed by atoms with Crippen molar-refractivity contribution < 1.29 is 4.79 Å². The monoisotopic (exact) mass is 316 g/mol. The van der Waals surface area contributed by atoms with Gasteiger partial charge in [0.25, 0.3) is 0 Å². The maximum atomic E-state index is 11.9. The summed E-state index contributed by atoms with van der Waals surface area (Å²) in [6.07, 6.45) is 1.65. The Morgan fingerprint density at radius 2 is 2.27 bits per heavy atom. The third-order valence-electron chi connectivity index (χ3n) is 3.05. The summed E-state index contributed by atoms with van der Waals surface area (Å²) < 4.78 is 1.11. The van der Waals surface area contributed by atoms with Crippen molar-refractivity contribution >= 4 is 33.3 Å². The van der Waals surface area contributed by atoms with Gasteiger partial charge < -0.3 is 10.6 Å². The van der Waals surface area contributed by atoms with Gasteiger partial charge in [0.2, 0.25) is 0 Å². The number of aromatic nitrogens is 4. The number of aryl methyl sites for hydroxylation is 2. The molecule has 0 aliphatic heterocycles. The van der Waals surface area contributed by atoms with Crippen LogP contribution in [-0.2, 0) is 13.1 Å². The molecule has 0 spiro atoms. The van der Waals surface area contributed by atoms with E-state index in [-0.39, 0.29) is 6.03 Å². The highest BCUT2D eigenvalue weighted by molar-refractivity contribution is 7.18. The van der Waals surface area contributed by atoms with E-state index in [2.05, 4.69) is 25.8 Å². The summed E-state index contributed by atoms with van der Waals surface area (Å²) in [5, 5.41) is 14.8. The van der Waals surface area contributed by atoms with Crippen LogP contribution in [-0.4, -0.2) is 26.0 Å². The molecule has 22 heavy (non-hydrogen) atoms. The zero-order valence-electron chi connectivity index (χ0n) is 12.3. The molecule has 2 heterocycles. The molecule has 7 nitrogen and oxygen atoms in total. The molecule has 1 aromatic carbocycles. The lowest BCUT2D eigenvalue weighted by atomic mass is 10.3. The van der Waals surface area contributed by atoms with Gasteiger partial charge in [0.1, 0.15) is 5.69 Å². The molecule has 0 aliphatic carbocycles. The van der Waals surface area contributed by atoms with Gasteiger partial charge in [-0.3, -0.25) is 0 Å². The number of anilines is 1. The van der Waals surface area contributed by atoms with Gasteiger partial charge in [-0.1, -0.05) is 0 Å². The van der Waals surface area contributed by atoms with E-state index >= 15 is 0 Å². The van der Waals surface area contributed by atoms with Crippen molar-refractivity contribution in [3.05, 3.63) is 35.1 Å². The van der Waals surface area contributed by atoms with E-state index < -0.39 is 0 Å². The molecule has 0 bridgehead atoms. The molecule has 0 saturated heterocycles. The number of carbonyl (C=O) groups excluding carboxylic acids is 1. The second-order valence-electron chi connectivity index (χ2n) is 4.75. The summed E-state index contributed by atoms with van der Waals surface area (Å²) in [7, 11) is 0. The van der Waals surface area contributed by atoms with Gasteiger partial charge in [0, 0.05) is 5.69 Å². The Balaban J connectivity index is 1.60. The van der Waals surface area contributed by atoms with Crippen LogP contribution in [0.3, 0.4) is 0 Å². The number of carbonyl (C=O) groups is 1. The quantitative estimate of drug-likeness (QED) is 0.774. The standard InChI is InChI=1S/C14H16N6OS/c1-3-20-16-8-11(19-20)7-15-14(21)18-10-4-5-13-12(6-10)17-9(2)22-13/h4-6,8H,3,7H2,1-2H3,(H2,15,18,21). The number of rotatable bonds is 4. The van der Waals surface area contributed by atoms with E-state index in [1.807, 2.05) is 32.0 Å². The third kappa shape index (κ3) is 3.22. The zero-order valence-corrected chi connectivity index (χ0v) is 13.1. The molecule has 8 heteroatoms. The summed E-state index contributed by atoms with van der Waals surface area (Å²) in [5.74, 6) is 0. The molecule has 114 valence electrons. The zero-order chi connectivity index (χ0) is 15.5. The molecule has 0 fully saturated rings. The van der Waals surface area contributed by atoms with Crippen LogP contribution in [0.4, 0.5) is 10.5 Å². The van der Waals surface area contributed by atoms with Crippen molar-refractivity contribution in [3.8, 4) is 0 Å². The molecule has 0 radical (unpaired) electrons. The van der Waals surface area contributed by atoms with Crippen molar-refractivity contribution in [1.82, 2.24) is 25.3 Å². The summed E-state index contributed by atoms with van der Waals surface area (Å²) in [6.45, 7) is 4.97. The molecule has 0 saturated carbocycles. The first-order valence-corrected chi connectivity index (χ1v) is 7.77. The lowest BCUT2D eigenvalue weighted by Crippen LogP contribution is -2.28. The average molecular weight is 316 g/mol. The van der Waals surface area contributed by atoms with Crippen LogP contribution in [0.2, 0.25) is 0 Å². The van der Waals surface area contributed by atoms with Crippen molar-refractivity contribution in [1.29, 1.82) is 0 Å². The highest BCUT2D eigenvalue weighted by atomic mass is 32.1. The van der Waals surface area contributed by atoms with E-state index in [0.29, 0.717) is 18.8 Å². The van der Waals surface area contributed by atoms with Crippen molar-refractivity contribution in [2.24, 2.45) is 0 Å². The Bertz CT molecular complexity index is 809. The largest absolute Gasteiger partial charge is 0.332 e. The number of benzene rings is 1. The molecule has 2 aromatic heterocycles. The number of hydrogen-bond acceptors (Lipinski definition) is 5. The van der Waals surface area contributed by atoms with Crippen LogP contribution < -0.4 is 10.6 Å². The van der Waals surface area contributed by atoms with Gasteiger partial charge in [-0.25, -0.2) is 9.78 Å². The van der Waals surface area contributed by atoms with Gasteiger partial charge in [-0.05, 0) is 32.0 Å². The molecular formula is C14H16N6OS. The molecule has 0 aliphatic rings. The minimum Gasteiger partial charge on any atom is -0.332 e. The first-order valence-electron chi connectivity index (χ1n) is 6.95. The molecule has 0 unspecified atom stereocenters. The first-order chi connectivity index (χ1) is 10.6. The minimum atomic E-state index is -0.280. The van der Waals surface area contributed by atoms with Gasteiger partial charge in [0.05, 0.1) is 34.5 Å². The number of urea groups is 1. The van der Waals surface area contributed by atoms with E-state index in [1.165, 1.54) is 0 Å². The topological polar surface area (TPSA) is 84.7 Å². The maximum Gasteiger partial charge on any atom is 0.319 e. The molecule has 3 rings (SSSR count). The van der Waals surface area contributed by atoms with E-state index in [4.69, 9.17) is 0 Å². The molecule has 0 atom stereocenters. The third-order valence-corrected chi connectivity index (χ3v) is 4.00. The average Bonchev–Trinajstić information content (AvgIpc) is 3.09. The van der Waals surface area contributed by atoms with Crippen LogP contribution in [0.15, 0.2) is 24.4 Å². The van der Waals surface area contributed by atoms with Crippen molar-refractivity contribution in [2.75, 3.05) is 5.32 Å². The van der Waals surface area contributed by atoms with E-state index in [9.17, 15) is 4.79 Å². The lowest BCUT2D eigenvalue weighted by molar-refractivity contribution is 0.251. The predicted octanol–water partition coefficient (Wildman–Crippen LogP) is 2.54. The van der Waals surface area contributed by atoms with Crippen LogP contribution in [0.25, 0.3) is 10.2 Å². The molecule has 2 N–H and O–H groups in total. The first kappa shape index (κ1) is 14.5. The van der Waals surface area contributed by atoms with Gasteiger partial charge >= 0.3 is 6.03 Å². The Morgan fingerprint density at radius 3 is 3.05 bits per heavy atom. The number of amides is 2. The SMILES string of the molecule is CCn1ncc(CNC(=O)Nc2ccc3sc(C)nc3c2)n1. The number of fused-ring (bicyclic) bond motifs is 1. The number of hydrogen-bond donors (Lipinski definition) is 2. The van der Waals surface area contributed by atoms with Crippen molar-refractivity contribution in [3.63, 3.8) is 0 Å². The second kappa shape index (κ2) is 6.10. The number of nitrogens with zero attached hydrogens (tertiary/aromatic N) is 4. The van der Waals surface area contributed by atoms with Crippen molar-refractivity contribution in [2.45, 2.75) is 26.9 Å². The Morgan fingerprint density at radius 1 is 1.41 bits per heavy atom. The van der Waals surface area contributed by atoms with Gasteiger partial charge in [-0.2, -0.15) is 15.0 Å². The summed E-state index contributed by atoms with van der Waals surface area (Å²) >= 11 is 1.63. The fourth-order valence-corrected chi connectivity index (χ4v) is 2.84. The summed E-state index contributed by atoms with van der Waals surface area (Å²) in [5.41, 5.74) is 2.33. The number of nitrogens with one attached hydrogen (secondary N) is 2. The Hall–Kier alpha value is -2.48. The van der Waals surface area contributed by atoms with E-state index in [1.54, 1.807) is 22.3 Å².